The van der Waals surface area contributed by atoms with E-state index in [9.17, 15) is 9.90 Å². The van der Waals surface area contributed by atoms with E-state index >= 15 is 0 Å². The fraction of sp³-hybridized carbons (Fsp3) is 0.971. The van der Waals surface area contributed by atoms with Crippen molar-refractivity contribution in [3.8, 4) is 0 Å². The van der Waals surface area contributed by atoms with Crippen molar-refractivity contribution in [3.63, 3.8) is 0 Å². The fourth-order valence-corrected chi connectivity index (χ4v) is 5.85. The lowest BCUT2D eigenvalue weighted by atomic mass is 9.80. The van der Waals surface area contributed by atoms with Crippen molar-refractivity contribution in [1.82, 2.24) is 0 Å². The number of hydrogen-bond donors (Lipinski definition) is 0. The van der Waals surface area contributed by atoms with Crippen molar-refractivity contribution in [2.75, 3.05) is 0 Å². The number of carbonyl (C=O) groups is 1. The number of aliphatic carboxylic acids is 1. The summed E-state index contributed by atoms with van der Waals surface area (Å²) < 4.78 is 0. The van der Waals surface area contributed by atoms with E-state index in [1.807, 2.05) is 0 Å². The molecule has 2 atom stereocenters. The average molecular weight is 508 g/mol. The van der Waals surface area contributed by atoms with Gasteiger partial charge < -0.3 is 9.90 Å². The third kappa shape index (κ3) is 23.8. The summed E-state index contributed by atoms with van der Waals surface area (Å²) in [6.07, 6.45) is 36.0. The van der Waals surface area contributed by atoms with Crippen LogP contribution in [0.3, 0.4) is 0 Å². The SMILES string of the molecule is CCCCCCCCCCCCCCCCC(C(=O)[O-])C(CCCCCC)CCCCCCCCC. The molecule has 0 aliphatic carbocycles. The highest BCUT2D eigenvalue weighted by molar-refractivity contribution is 5.67. The Morgan fingerprint density at radius 2 is 0.667 bits per heavy atom. The second kappa shape index (κ2) is 29.0. The molecule has 0 aromatic heterocycles. The Morgan fingerprint density at radius 1 is 0.417 bits per heavy atom. The van der Waals surface area contributed by atoms with Gasteiger partial charge in [0.1, 0.15) is 0 Å². The number of carboxylic acids is 1. The van der Waals surface area contributed by atoms with E-state index in [0.29, 0.717) is 5.92 Å². The number of carboxylic acid groups (broad SMARTS) is 1. The highest BCUT2D eigenvalue weighted by Gasteiger charge is 2.22. The first-order valence-corrected chi connectivity index (χ1v) is 16.9. The summed E-state index contributed by atoms with van der Waals surface area (Å²) in [5.41, 5.74) is 0. The molecule has 0 amide bonds. The number of hydrogen-bond acceptors (Lipinski definition) is 2. The van der Waals surface area contributed by atoms with Crippen molar-refractivity contribution in [1.29, 1.82) is 0 Å². The third-order valence-electron chi connectivity index (χ3n) is 8.35. The molecule has 0 saturated carbocycles. The molecule has 2 nitrogen and oxygen atoms in total. The molecule has 0 saturated heterocycles. The Morgan fingerprint density at radius 3 is 0.972 bits per heavy atom. The summed E-state index contributed by atoms with van der Waals surface area (Å²) in [6, 6.07) is 0. The molecule has 0 spiro atoms. The van der Waals surface area contributed by atoms with Gasteiger partial charge in [-0.15, -0.1) is 0 Å². The predicted molar refractivity (Wildman–Crippen MR) is 158 cm³/mol. The predicted octanol–water partition coefficient (Wildman–Crippen LogP) is 11.0. The van der Waals surface area contributed by atoms with Gasteiger partial charge in [-0.2, -0.15) is 0 Å². The molecule has 0 radical (unpaired) electrons. The van der Waals surface area contributed by atoms with Crippen LogP contribution in [0.5, 0.6) is 0 Å². The molecular weight excluding hydrogens is 440 g/mol. The molecule has 0 aromatic rings. The average Bonchev–Trinajstić information content (AvgIpc) is 2.87. The minimum atomic E-state index is -0.770. The van der Waals surface area contributed by atoms with Gasteiger partial charge in [0.15, 0.2) is 0 Å². The highest BCUT2D eigenvalue weighted by atomic mass is 16.4. The molecule has 2 heteroatoms. The van der Waals surface area contributed by atoms with Crippen LogP contribution in [0.25, 0.3) is 0 Å². The zero-order chi connectivity index (χ0) is 26.5. The standard InChI is InChI=1S/C34H68O2/c1-4-7-10-13-15-16-17-18-19-20-21-23-25-28-31-33(34(35)36)32(29-26-12-9-6-3)30-27-24-22-14-11-8-5-2/h32-33H,4-31H2,1-3H3,(H,35,36)/p-1. The van der Waals surface area contributed by atoms with E-state index in [-0.39, 0.29) is 5.92 Å². The van der Waals surface area contributed by atoms with Crippen molar-refractivity contribution in [3.05, 3.63) is 0 Å². The van der Waals surface area contributed by atoms with Gasteiger partial charge in [0.05, 0.1) is 0 Å². The molecule has 0 rings (SSSR count). The second-order valence-electron chi connectivity index (χ2n) is 11.8. The molecule has 0 fully saturated rings. The molecule has 2 unspecified atom stereocenters. The van der Waals surface area contributed by atoms with E-state index in [4.69, 9.17) is 0 Å². The Kier molecular flexibility index (Phi) is 28.6. The summed E-state index contributed by atoms with van der Waals surface area (Å²) in [5.74, 6) is -0.651. The minimum Gasteiger partial charge on any atom is -0.550 e. The Bertz CT molecular complexity index is 433. The van der Waals surface area contributed by atoms with Gasteiger partial charge in [0.25, 0.3) is 0 Å². The van der Waals surface area contributed by atoms with Crippen LogP contribution in [0.2, 0.25) is 0 Å². The van der Waals surface area contributed by atoms with Crippen molar-refractivity contribution in [2.45, 2.75) is 201 Å². The van der Waals surface area contributed by atoms with E-state index in [2.05, 4.69) is 20.8 Å². The van der Waals surface area contributed by atoms with Crippen LogP contribution in [0.15, 0.2) is 0 Å². The molecule has 0 aromatic carbocycles. The quantitative estimate of drug-likeness (QED) is 0.0907. The maximum Gasteiger partial charge on any atom is 0.0448 e. The topological polar surface area (TPSA) is 40.1 Å². The van der Waals surface area contributed by atoms with Gasteiger partial charge in [-0.25, -0.2) is 0 Å². The van der Waals surface area contributed by atoms with Gasteiger partial charge in [0.2, 0.25) is 0 Å². The highest BCUT2D eigenvalue weighted by Crippen LogP contribution is 2.30. The molecule has 216 valence electrons. The molecule has 0 aliphatic rings. The van der Waals surface area contributed by atoms with Gasteiger partial charge in [-0.05, 0) is 25.2 Å². The lowest BCUT2D eigenvalue weighted by Crippen LogP contribution is -2.36. The largest absolute Gasteiger partial charge is 0.550 e. The fourth-order valence-electron chi connectivity index (χ4n) is 5.85. The molecule has 0 N–H and O–H groups in total. The van der Waals surface area contributed by atoms with Crippen LogP contribution in [0, 0.1) is 11.8 Å². The van der Waals surface area contributed by atoms with Crippen LogP contribution in [0.1, 0.15) is 201 Å². The van der Waals surface area contributed by atoms with Gasteiger partial charge in [-0.1, -0.05) is 181 Å². The van der Waals surface area contributed by atoms with E-state index < -0.39 is 5.97 Å². The molecule has 0 heterocycles. The molecule has 0 aliphatic heterocycles. The first kappa shape index (κ1) is 35.5. The second-order valence-corrected chi connectivity index (χ2v) is 11.8. The summed E-state index contributed by atoms with van der Waals surface area (Å²) >= 11 is 0. The third-order valence-corrected chi connectivity index (χ3v) is 8.35. The van der Waals surface area contributed by atoms with Crippen molar-refractivity contribution in [2.24, 2.45) is 11.8 Å². The van der Waals surface area contributed by atoms with Crippen LogP contribution in [0.4, 0.5) is 0 Å². The Labute approximate surface area is 228 Å². The van der Waals surface area contributed by atoms with Crippen LogP contribution < -0.4 is 5.11 Å². The zero-order valence-corrected chi connectivity index (χ0v) is 25.3. The summed E-state index contributed by atoms with van der Waals surface area (Å²) in [7, 11) is 0. The lowest BCUT2D eigenvalue weighted by molar-refractivity contribution is -0.313. The first-order valence-electron chi connectivity index (χ1n) is 16.9. The number of rotatable bonds is 30. The number of carbonyl (C=O) groups excluding carboxylic acids is 1. The maximum absolute atomic E-state index is 12.1. The zero-order valence-electron chi connectivity index (χ0n) is 25.3. The van der Waals surface area contributed by atoms with Crippen molar-refractivity contribution < 1.29 is 9.90 Å². The molecular formula is C34H67O2-. The van der Waals surface area contributed by atoms with E-state index in [0.717, 1.165) is 25.7 Å². The summed E-state index contributed by atoms with van der Waals surface area (Å²) in [6.45, 7) is 6.79. The van der Waals surface area contributed by atoms with E-state index in [1.54, 1.807) is 0 Å². The lowest BCUT2D eigenvalue weighted by Gasteiger charge is -2.28. The normalized spacial score (nSPS) is 13.2. The molecule has 36 heavy (non-hydrogen) atoms. The Hall–Kier alpha value is -0.530. The van der Waals surface area contributed by atoms with Crippen molar-refractivity contribution >= 4 is 5.97 Å². The van der Waals surface area contributed by atoms with Crippen LogP contribution in [-0.2, 0) is 4.79 Å². The summed E-state index contributed by atoms with van der Waals surface area (Å²) in [4.78, 5) is 12.1. The minimum absolute atomic E-state index is 0.218. The monoisotopic (exact) mass is 508 g/mol. The first-order chi connectivity index (χ1) is 17.7. The van der Waals surface area contributed by atoms with Crippen LogP contribution in [-0.4, -0.2) is 5.97 Å². The van der Waals surface area contributed by atoms with Gasteiger partial charge in [-0.3, -0.25) is 0 Å². The van der Waals surface area contributed by atoms with E-state index in [1.165, 1.54) is 154 Å². The number of unbranched alkanes of at least 4 members (excludes halogenated alkanes) is 22. The summed E-state index contributed by atoms with van der Waals surface area (Å²) in [5, 5.41) is 12.1. The van der Waals surface area contributed by atoms with Gasteiger partial charge >= 0.3 is 0 Å². The van der Waals surface area contributed by atoms with Gasteiger partial charge in [0, 0.05) is 11.9 Å². The van der Waals surface area contributed by atoms with Crippen LogP contribution >= 0.6 is 0 Å². The maximum atomic E-state index is 12.1. The molecule has 0 bridgehead atoms. The Balaban J connectivity index is 4.07. The smallest absolute Gasteiger partial charge is 0.0448 e.